The van der Waals surface area contributed by atoms with Gasteiger partial charge in [0.1, 0.15) is 5.60 Å². The highest BCUT2D eigenvalue weighted by atomic mass is 16.6. The van der Waals surface area contributed by atoms with E-state index < -0.39 is 5.60 Å². The number of benzene rings is 2. The fourth-order valence-corrected chi connectivity index (χ4v) is 3.34. The van der Waals surface area contributed by atoms with Crippen molar-refractivity contribution in [2.45, 2.75) is 52.7 Å². The standard InChI is InChI=1S/C22H28N2O2/c1-16-8-5-6-10-19(16)24-13-7-9-18-12-11-17(14-20(18)24)15-23-21(25)26-22(2,3)4/h5-6,8,10-12,14H,7,9,13,15H2,1-4H3,(H,23,25). The molecule has 0 aliphatic carbocycles. The molecule has 26 heavy (non-hydrogen) atoms. The molecule has 0 aromatic heterocycles. The van der Waals surface area contributed by atoms with Crippen molar-refractivity contribution in [3.05, 3.63) is 59.2 Å². The SMILES string of the molecule is Cc1ccccc1N1CCCc2ccc(CNC(=O)OC(C)(C)C)cc21. The van der Waals surface area contributed by atoms with E-state index in [9.17, 15) is 4.79 Å². The molecule has 3 rings (SSSR count). The summed E-state index contributed by atoms with van der Waals surface area (Å²) in [6, 6.07) is 15.0. The van der Waals surface area contributed by atoms with E-state index in [1.165, 1.54) is 22.5 Å². The van der Waals surface area contributed by atoms with Gasteiger partial charge in [-0.05, 0) is 69.4 Å². The third kappa shape index (κ3) is 4.37. The summed E-state index contributed by atoms with van der Waals surface area (Å²) in [6.45, 7) is 9.23. The number of fused-ring (bicyclic) bond motifs is 1. The second-order valence-electron chi connectivity index (χ2n) is 7.86. The van der Waals surface area contributed by atoms with Crippen LogP contribution in [-0.2, 0) is 17.7 Å². The van der Waals surface area contributed by atoms with Gasteiger partial charge >= 0.3 is 6.09 Å². The molecule has 138 valence electrons. The molecule has 0 fully saturated rings. The van der Waals surface area contributed by atoms with E-state index in [0.29, 0.717) is 6.54 Å². The minimum Gasteiger partial charge on any atom is -0.444 e. The van der Waals surface area contributed by atoms with Crippen molar-refractivity contribution in [1.29, 1.82) is 0 Å². The van der Waals surface area contributed by atoms with E-state index in [2.05, 4.69) is 59.6 Å². The van der Waals surface area contributed by atoms with Gasteiger partial charge in [-0.15, -0.1) is 0 Å². The quantitative estimate of drug-likeness (QED) is 0.835. The maximum absolute atomic E-state index is 11.9. The van der Waals surface area contributed by atoms with Gasteiger partial charge in [-0.2, -0.15) is 0 Å². The van der Waals surface area contributed by atoms with Crippen LogP contribution >= 0.6 is 0 Å². The predicted octanol–water partition coefficient (Wildman–Crippen LogP) is 5.10. The van der Waals surface area contributed by atoms with Crippen LogP contribution in [0.1, 0.15) is 43.9 Å². The summed E-state index contributed by atoms with van der Waals surface area (Å²) in [7, 11) is 0. The van der Waals surface area contributed by atoms with Crippen molar-refractivity contribution >= 4 is 17.5 Å². The molecule has 0 radical (unpaired) electrons. The number of ether oxygens (including phenoxy) is 1. The van der Waals surface area contributed by atoms with E-state index in [0.717, 1.165) is 24.9 Å². The summed E-state index contributed by atoms with van der Waals surface area (Å²) in [5, 5.41) is 2.85. The second kappa shape index (κ2) is 7.40. The average molecular weight is 352 g/mol. The first-order valence-corrected chi connectivity index (χ1v) is 9.25. The maximum atomic E-state index is 11.9. The number of carbonyl (C=O) groups is 1. The Labute approximate surface area is 156 Å². The molecule has 4 nitrogen and oxygen atoms in total. The van der Waals surface area contributed by atoms with E-state index in [1.54, 1.807) is 0 Å². The summed E-state index contributed by atoms with van der Waals surface area (Å²) in [4.78, 5) is 14.3. The first-order valence-electron chi connectivity index (χ1n) is 9.25. The number of hydrogen-bond donors (Lipinski definition) is 1. The van der Waals surface area contributed by atoms with Crippen LogP contribution in [0.15, 0.2) is 42.5 Å². The minimum atomic E-state index is -0.485. The lowest BCUT2D eigenvalue weighted by molar-refractivity contribution is 0.0523. The molecule has 1 aliphatic rings. The molecule has 1 N–H and O–H groups in total. The van der Waals surface area contributed by atoms with Gasteiger partial charge in [0, 0.05) is 24.5 Å². The third-order valence-corrected chi connectivity index (χ3v) is 4.51. The Morgan fingerprint density at radius 1 is 1.15 bits per heavy atom. The smallest absolute Gasteiger partial charge is 0.407 e. The van der Waals surface area contributed by atoms with E-state index in [-0.39, 0.29) is 6.09 Å². The lowest BCUT2D eigenvalue weighted by Crippen LogP contribution is -2.32. The topological polar surface area (TPSA) is 41.6 Å². The highest BCUT2D eigenvalue weighted by molar-refractivity contribution is 5.71. The first-order chi connectivity index (χ1) is 12.3. The zero-order chi connectivity index (χ0) is 18.7. The molecule has 1 aliphatic heterocycles. The zero-order valence-corrected chi connectivity index (χ0v) is 16.1. The van der Waals surface area contributed by atoms with E-state index >= 15 is 0 Å². The molecule has 1 amide bonds. The number of amides is 1. The molecule has 4 heteroatoms. The number of nitrogens with one attached hydrogen (secondary N) is 1. The third-order valence-electron chi connectivity index (χ3n) is 4.51. The van der Waals surface area contributed by atoms with E-state index in [4.69, 9.17) is 4.74 Å². The summed E-state index contributed by atoms with van der Waals surface area (Å²) >= 11 is 0. The number of aryl methyl sites for hydroxylation is 2. The number of alkyl carbamates (subject to hydrolysis) is 1. The van der Waals surface area contributed by atoms with Crippen LogP contribution in [0.4, 0.5) is 16.2 Å². The summed E-state index contributed by atoms with van der Waals surface area (Å²) in [5.74, 6) is 0. The Morgan fingerprint density at radius 2 is 1.92 bits per heavy atom. The minimum absolute atomic E-state index is 0.383. The van der Waals surface area contributed by atoms with Crippen LogP contribution < -0.4 is 10.2 Å². The molecule has 0 bridgehead atoms. The van der Waals surface area contributed by atoms with Crippen molar-refractivity contribution in [3.8, 4) is 0 Å². The van der Waals surface area contributed by atoms with E-state index in [1.807, 2.05) is 20.8 Å². The first kappa shape index (κ1) is 18.3. The van der Waals surface area contributed by atoms with Crippen molar-refractivity contribution in [3.63, 3.8) is 0 Å². The Morgan fingerprint density at radius 3 is 2.65 bits per heavy atom. The summed E-state index contributed by atoms with van der Waals surface area (Å²) in [5.41, 5.74) is 5.73. The lowest BCUT2D eigenvalue weighted by atomic mass is 9.98. The van der Waals surface area contributed by atoms with Gasteiger partial charge in [0.2, 0.25) is 0 Å². The van der Waals surface area contributed by atoms with Crippen LogP contribution in [0.3, 0.4) is 0 Å². The number of carbonyl (C=O) groups excluding carboxylic acids is 1. The zero-order valence-electron chi connectivity index (χ0n) is 16.1. The van der Waals surface area contributed by atoms with Gasteiger partial charge in [-0.3, -0.25) is 0 Å². The van der Waals surface area contributed by atoms with Crippen molar-refractivity contribution in [2.75, 3.05) is 11.4 Å². The number of nitrogens with zero attached hydrogens (tertiary/aromatic N) is 1. The molecule has 0 spiro atoms. The second-order valence-corrected chi connectivity index (χ2v) is 7.86. The highest BCUT2D eigenvalue weighted by Gasteiger charge is 2.20. The largest absolute Gasteiger partial charge is 0.444 e. The summed E-state index contributed by atoms with van der Waals surface area (Å²) in [6.07, 6.45) is 1.86. The van der Waals surface area contributed by atoms with Gasteiger partial charge in [0.25, 0.3) is 0 Å². The van der Waals surface area contributed by atoms with Gasteiger partial charge in [-0.1, -0.05) is 30.3 Å². The Balaban J connectivity index is 1.79. The van der Waals surface area contributed by atoms with Gasteiger partial charge in [0.05, 0.1) is 0 Å². The molecular weight excluding hydrogens is 324 g/mol. The molecule has 0 saturated carbocycles. The lowest BCUT2D eigenvalue weighted by Gasteiger charge is -2.33. The normalized spacial score (nSPS) is 13.9. The van der Waals surface area contributed by atoms with Crippen LogP contribution in [0.2, 0.25) is 0 Å². The summed E-state index contributed by atoms with van der Waals surface area (Å²) < 4.78 is 5.32. The molecule has 0 saturated heterocycles. The Kier molecular flexibility index (Phi) is 5.21. The number of para-hydroxylation sites is 1. The predicted molar refractivity (Wildman–Crippen MR) is 106 cm³/mol. The van der Waals surface area contributed by atoms with Crippen LogP contribution in [-0.4, -0.2) is 18.2 Å². The molecule has 2 aromatic carbocycles. The fraction of sp³-hybridized carbons (Fsp3) is 0.409. The Hall–Kier alpha value is -2.49. The van der Waals surface area contributed by atoms with Gasteiger partial charge < -0.3 is 15.0 Å². The molecule has 0 atom stereocenters. The fourth-order valence-electron chi connectivity index (χ4n) is 3.34. The van der Waals surface area contributed by atoms with Crippen molar-refractivity contribution < 1.29 is 9.53 Å². The van der Waals surface area contributed by atoms with Crippen LogP contribution in [0, 0.1) is 6.92 Å². The van der Waals surface area contributed by atoms with Gasteiger partial charge in [0.15, 0.2) is 0 Å². The van der Waals surface area contributed by atoms with Crippen LogP contribution in [0.25, 0.3) is 0 Å². The van der Waals surface area contributed by atoms with Crippen molar-refractivity contribution in [2.24, 2.45) is 0 Å². The number of anilines is 2. The molecule has 2 aromatic rings. The number of rotatable bonds is 3. The average Bonchev–Trinajstić information content (AvgIpc) is 2.58. The van der Waals surface area contributed by atoms with Crippen LogP contribution in [0.5, 0.6) is 0 Å². The molecule has 1 heterocycles. The highest BCUT2D eigenvalue weighted by Crippen LogP contribution is 2.35. The van der Waals surface area contributed by atoms with Gasteiger partial charge in [-0.25, -0.2) is 4.79 Å². The maximum Gasteiger partial charge on any atom is 0.407 e. The van der Waals surface area contributed by atoms with Crippen molar-refractivity contribution in [1.82, 2.24) is 5.32 Å². The molecular formula is C22H28N2O2. The monoisotopic (exact) mass is 352 g/mol. The Bertz CT molecular complexity index is 793. The molecule has 0 unspecified atom stereocenters. The number of hydrogen-bond acceptors (Lipinski definition) is 3.